The third kappa shape index (κ3) is 4.48. The third-order valence-corrected chi connectivity index (χ3v) is 6.86. The van der Waals surface area contributed by atoms with Crippen molar-refractivity contribution in [1.29, 1.82) is 0 Å². The summed E-state index contributed by atoms with van der Waals surface area (Å²) in [6.45, 7) is 5.60. The molecule has 3 aromatic heterocycles. The van der Waals surface area contributed by atoms with E-state index in [1.807, 2.05) is 25.3 Å². The van der Waals surface area contributed by atoms with Gasteiger partial charge in [-0.3, -0.25) is 19.5 Å². The van der Waals surface area contributed by atoms with E-state index < -0.39 is 0 Å². The number of carbonyl (C=O) groups excluding carboxylic acids is 1. The standard InChI is InChI=1S/C25H30N6O2/c1-3-17-11-21-22(29-24(17)32)10-16(12-27-21)14-31-9-8-30(15-23(31)18-4-5-18)19-6-7-20(28-13-19)25(33)26-2/h6-7,10-13,18,23H,3-5,8-9,14-15H2,1-2H3,(H,26,33)(H,29,32). The van der Waals surface area contributed by atoms with Crippen LogP contribution in [0.25, 0.3) is 11.0 Å². The van der Waals surface area contributed by atoms with Crippen molar-refractivity contribution in [2.45, 2.75) is 38.8 Å². The number of aromatic nitrogens is 3. The van der Waals surface area contributed by atoms with E-state index in [0.717, 1.165) is 54.0 Å². The van der Waals surface area contributed by atoms with E-state index >= 15 is 0 Å². The van der Waals surface area contributed by atoms with Crippen molar-refractivity contribution in [1.82, 2.24) is 25.2 Å². The minimum Gasteiger partial charge on any atom is -0.367 e. The fourth-order valence-electron chi connectivity index (χ4n) is 4.79. The molecule has 3 aromatic rings. The molecule has 4 heterocycles. The van der Waals surface area contributed by atoms with Crippen molar-refractivity contribution in [3.8, 4) is 0 Å². The predicted octanol–water partition coefficient (Wildman–Crippen LogP) is 2.34. The minimum absolute atomic E-state index is 0.0236. The van der Waals surface area contributed by atoms with Gasteiger partial charge in [0.15, 0.2) is 0 Å². The minimum atomic E-state index is -0.168. The Bertz CT molecular complexity index is 1220. The number of pyridine rings is 3. The van der Waals surface area contributed by atoms with E-state index in [1.54, 1.807) is 19.3 Å². The summed E-state index contributed by atoms with van der Waals surface area (Å²) >= 11 is 0. The van der Waals surface area contributed by atoms with E-state index in [4.69, 9.17) is 0 Å². The summed E-state index contributed by atoms with van der Waals surface area (Å²) in [5.41, 5.74) is 5.01. The number of amides is 1. The number of hydrogen-bond acceptors (Lipinski definition) is 6. The van der Waals surface area contributed by atoms with Gasteiger partial charge in [-0.15, -0.1) is 0 Å². The zero-order chi connectivity index (χ0) is 22.9. The molecule has 1 saturated carbocycles. The summed E-state index contributed by atoms with van der Waals surface area (Å²) in [5.74, 6) is 0.546. The van der Waals surface area contributed by atoms with Crippen molar-refractivity contribution < 1.29 is 4.79 Å². The van der Waals surface area contributed by atoms with Crippen LogP contribution in [0.3, 0.4) is 0 Å². The molecule has 1 aliphatic heterocycles. The maximum Gasteiger partial charge on any atom is 0.269 e. The number of aryl methyl sites for hydroxylation is 1. The van der Waals surface area contributed by atoms with Gasteiger partial charge in [0.25, 0.3) is 11.5 Å². The molecule has 0 spiro atoms. The number of rotatable bonds is 6. The zero-order valence-corrected chi connectivity index (χ0v) is 19.2. The molecule has 1 saturated heterocycles. The fraction of sp³-hybridized carbons (Fsp3) is 0.440. The topological polar surface area (TPSA) is 94.2 Å². The molecule has 0 aromatic carbocycles. The smallest absolute Gasteiger partial charge is 0.269 e. The molecule has 8 nitrogen and oxygen atoms in total. The van der Waals surface area contributed by atoms with Gasteiger partial charge in [-0.05, 0) is 55.0 Å². The summed E-state index contributed by atoms with van der Waals surface area (Å²) in [5, 5.41) is 2.61. The van der Waals surface area contributed by atoms with Crippen LogP contribution in [0, 0.1) is 5.92 Å². The lowest BCUT2D eigenvalue weighted by atomic mass is 10.0. The first-order chi connectivity index (χ1) is 16.1. The second-order valence-corrected chi connectivity index (χ2v) is 9.06. The Morgan fingerprint density at radius 2 is 2.03 bits per heavy atom. The molecule has 2 fully saturated rings. The zero-order valence-electron chi connectivity index (χ0n) is 19.2. The molecule has 1 unspecified atom stereocenters. The van der Waals surface area contributed by atoms with Crippen LogP contribution in [0.15, 0.2) is 41.5 Å². The Morgan fingerprint density at radius 3 is 2.73 bits per heavy atom. The molecule has 5 rings (SSSR count). The quantitative estimate of drug-likeness (QED) is 0.604. The Balaban J connectivity index is 1.32. The lowest BCUT2D eigenvalue weighted by Gasteiger charge is -2.42. The molecule has 8 heteroatoms. The van der Waals surface area contributed by atoms with Gasteiger partial charge in [-0.25, -0.2) is 4.98 Å². The fourth-order valence-corrected chi connectivity index (χ4v) is 4.79. The monoisotopic (exact) mass is 446 g/mol. The molecule has 172 valence electrons. The van der Waals surface area contributed by atoms with Crippen LogP contribution < -0.4 is 15.8 Å². The number of nitrogens with one attached hydrogen (secondary N) is 2. The van der Waals surface area contributed by atoms with Crippen molar-refractivity contribution in [3.63, 3.8) is 0 Å². The van der Waals surface area contributed by atoms with Gasteiger partial charge in [0, 0.05) is 51.0 Å². The van der Waals surface area contributed by atoms with Gasteiger partial charge in [0.1, 0.15) is 5.69 Å². The van der Waals surface area contributed by atoms with Gasteiger partial charge in [0.2, 0.25) is 0 Å². The molecule has 2 N–H and O–H groups in total. The number of H-pyrrole nitrogens is 1. The van der Waals surface area contributed by atoms with E-state index in [9.17, 15) is 9.59 Å². The van der Waals surface area contributed by atoms with Crippen LogP contribution in [-0.2, 0) is 13.0 Å². The number of hydrogen-bond donors (Lipinski definition) is 2. The molecule has 0 bridgehead atoms. The number of piperazine rings is 1. The van der Waals surface area contributed by atoms with E-state index in [1.165, 1.54) is 12.8 Å². The van der Waals surface area contributed by atoms with Crippen LogP contribution in [0.2, 0.25) is 0 Å². The number of anilines is 1. The highest BCUT2D eigenvalue weighted by molar-refractivity contribution is 5.92. The summed E-state index contributed by atoms with van der Waals surface area (Å²) in [7, 11) is 1.61. The lowest BCUT2D eigenvalue weighted by molar-refractivity contribution is 0.0958. The van der Waals surface area contributed by atoms with Crippen molar-refractivity contribution in [3.05, 3.63) is 63.8 Å². The first kappa shape index (κ1) is 21.6. The molecule has 0 radical (unpaired) electrons. The maximum absolute atomic E-state index is 12.2. The lowest BCUT2D eigenvalue weighted by Crippen LogP contribution is -2.53. The van der Waals surface area contributed by atoms with Crippen LogP contribution in [0.1, 0.15) is 41.4 Å². The number of fused-ring (bicyclic) bond motifs is 1. The Labute approximate surface area is 193 Å². The maximum atomic E-state index is 12.2. The van der Waals surface area contributed by atoms with Crippen LogP contribution in [-0.4, -0.2) is 58.5 Å². The molecule has 1 amide bonds. The van der Waals surface area contributed by atoms with Crippen molar-refractivity contribution >= 4 is 22.6 Å². The molecule has 2 aliphatic rings. The van der Waals surface area contributed by atoms with Gasteiger partial charge in [-0.2, -0.15) is 0 Å². The normalized spacial score (nSPS) is 19.1. The van der Waals surface area contributed by atoms with Gasteiger partial charge < -0.3 is 15.2 Å². The SMILES string of the molecule is CCc1cc2ncc(CN3CCN(c4ccc(C(=O)NC)nc4)CC3C3CC3)cc2[nH]c1=O. The number of nitrogens with zero attached hydrogens (tertiary/aromatic N) is 4. The van der Waals surface area contributed by atoms with E-state index in [2.05, 4.69) is 36.1 Å². The highest BCUT2D eigenvalue weighted by Gasteiger charge is 2.38. The highest BCUT2D eigenvalue weighted by Crippen LogP contribution is 2.38. The van der Waals surface area contributed by atoms with Gasteiger partial charge in [0.05, 0.1) is 22.9 Å². The summed E-state index contributed by atoms with van der Waals surface area (Å²) in [4.78, 5) is 40.9. The summed E-state index contributed by atoms with van der Waals surface area (Å²) in [6, 6.07) is 8.21. The first-order valence-electron chi connectivity index (χ1n) is 11.7. The summed E-state index contributed by atoms with van der Waals surface area (Å²) < 4.78 is 0. The van der Waals surface area contributed by atoms with Crippen LogP contribution in [0.4, 0.5) is 5.69 Å². The molecular weight excluding hydrogens is 416 g/mol. The van der Waals surface area contributed by atoms with Crippen LogP contribution >= 0.6 is 0 Å². The third-order valence-electron chi connectivity index (χ3n) is 6.86. The average Bonchev–Trinajstić information content (AvgIpc) is 3.69. The van der Waals surface area contributed by atoms with E-state index in [-0.39, 0.29) is 11.5 Å². The van der Waals surface area contributed by atoms with Crippen LogP contribution in [0.5, 0.6) is 0 Å². The second kappa shape index (κ2) is 8.94. The molecule has 33 heavy (non-hydrogen) atoms. The molecule has 1 aliphatic carbocycles. The van der Waals surface area contributed by atoms with Crippen molar-refractivity contribution in [2.75, 3.05) is 31.6 Å². The number of carbonyl (C=O) groups is 1. The number of aromatic amines is 1. The Kier molecular flexibility index (Phi) is 5.85. The molecule has 1 atom stereocenters. The van der Waals surface area contributed by atoms with Crippen molar-refractivity contribution in [2.24, 2.45) is 5.92 Å². The van der Waals surface area contributed by atoms with Gasteiger partial charge in [-0.1, -0.05) is 6.92 Å². The average molecular weight is 447 g/mol. The first-order valence-corrected chi connectivity index (χ1v) is 11.7. The molecular formula is C25H30N6O2. The largest absolute Gasteiger partial charge is 0.367 e. The summed E-state index contributed by atoms with van der Waals surface area (Å²) in [6.07, 6.45) is 6.99. The van der Waals surface area contributed by atoms with Gasteiger partial charge >= 0.3 is 0 Å². The Hall–Kier alpha value is -3.26. The predicted molar refractivity (Wildman–Crippen MR) is 129 cm³/mol. The Morgan fingerprint density at radius 1 is 1.18 bits per heavy atom. The highest BCUT2D eigenvalue weighted by atomic mass is 16.1. The van der Waals surface area contributed by atoms with E-state index in [0.29, 0.717) is 24.1 Å². The second-order valence-electron chi connectivity index (χ2n) is 9.06.